The van der Waals surface area contributed by atoms with Crippen molar-refractivity contribution in [3.05, 3.63) is 30.3 Å². The molecular weight excluding hydrogens is 260 g/mol. The largest absolute Gasteiger partial charge is 0.480 e. The predicted octanol–water partition coefficient (Wildman–Crippen LogP) is 3.38. The molecule has 1 fully saturated rings. The molecule has 0 radical (unpaired) electrons. The van der Waals surface area contributed by atoms with Crippen LogP contribution in [0.4, 0.5) is 0 Å². The van der Waals surface area contributed by atoms with Crippen LogP contribution in [0.1, 0.15) is 32.1 Å². The molecule has 4 heteroatoms. The minimum Gasteiger partial charge on any atom is -0.480 e. The van der Waals surface area contributed by atoms with Crippen LogP contribution in [-0.4, -0.2) is 22.6 Å². The number of aliphatic carboxylic acids is 1. The van der Waals surface area contributed by atoms with Gasteiger partial charge in [0.05, 0.1) is 0 Å². The number of carbonyl (C=O) groups is 2. The van der Waals surface area contributed by atoms with Gasteiger partial charge in [-0.1, -0.05) is 24.6 Å². The fourth-order valence-electron chi connectivity index (χ4n) is 2.55. The number of thioether (sulfide) groups is 1. The second-order valence-electron chi connectivity index (χ2n) is 4.93. The lowest BCUT2D eigenvalue weighted by atomic mass is 9.71. The van der Waals surface area contributed by atoms with Gasteiger partial charge in [0.1, 0.15) is 11.2 Å². The molecule has 0 spiro atoms. The molecule has 102 valence electrons. The highest BCUT2D eigenvalue weighted by Gasteiger charge is 2.46. The van der Waals surface area contributed by atoms with Crippen molar-refractivity contribution in [2.45, 2.75) is 37.0 Å². The van der Waals surface area contributed by atoms with Gasteiger partial charge in [-0.2, -0.15) is 0 Å². The summed E-state index contributed by atoms with van der Waals surface area (Å²) in [5.74, 6) is -0.354. The molecule has 0 aromatic heterocycles. The Morgan fingerprint density at radius 1 is 1.26 bits per heavy atom. The van der Waals surface area contributed by atoms with Crippen LogP contribution in [0.2, 0.25) is 0 Å². The maximum atomic E-state index is 12.0. The third-order valence-corrected chi connectivity index (χ3v) is 4.76. The summed E-state index contributed by atoms with van der Waals surface area (Å²) in [6.45, 7) is 0. The second-order valence-corrected chi connectivity index (χ2v) is 6.10. The first-order valence-electron chi connectivity index (χ1n) is 6.60. The summed E-state index contributed by atoms with van der Waals surface area (Å²) in [5.41, 5.74) is -1.12. The fourth-order valence-corrected chi connectivity index (χ4v) is 3.58. The Kier molecular flexibility index (Phi) is 4.64. The first kappa shape index (κ1) is 14.1. The average Bonchev–Trinajstić information content (AvgIpc) is 2.42. The van der Waals surface area contributed by atoms with E-state index >= 15 is 0 Å². The lowest BCUT2D eigenvalue weighted by Crippen LogP contribution is -2.42. The van der Waals surface area contributed by atoms with Crippen LogP contribution < -0.4 is 0 Å². The zero-order valence-electron chi connectivity index (χ0n) is 10.8. The molecular formula is C15H18O3S. The van der Waals surface area contributed by atoms with Gasteiger partial charge in [0.15, 0.2) is 0 Å². The molecule has 2 rings (SSSR count). The quantitative estimate of drug-likeness (QED) is 0.662. The molecule has 0 amide bonds. The van der Waals surface area contributed by atoms with Crippen molar-refractivity contribution in [3.63, 3.8) is 0 Å². The van der Waals surface area contributed by atoms with E-state index in [1.807, 2.05) is 30.3 Å². The summed E-state index contributed by atoms with van der Waals surface area (Å²) in [4.78, 5) is 24.6. The molecule has 0 aliphatic heterocycles. The van der Waals surface area contributed by atoms with Crippen LogP contribution in [-0.2, 0) is 9.59 Å². The standard InChI is InChI=1S/C15H18O3S/c16-13-8-4-5-9-15(13,14(17)18)10-11-19-12-6-2-1-3-7-12/h1-3,6-7H,4-5,8-11H2,(H,17,18). The van der Waals surface area contributed by atoms with Gasteiger partial charge in [-0.25, -0.2) is 0 Å². The molecule has 0 heterocycles. The zero-order valence-corrected chi connectivity index (χ0v) is 11.6. The highest BCUT2D eigenvalue weighted by molar-refractivity contribution is 7.99. The molecule has 0 saturated heterocycles. The summed E-state index contributed by atoms with van der Waals surface area (Å²) in [7, 11) is 0. The van der Waals surface area contributed by atoms with Gasteiger partial charge in [0.2, 0.25) is 0 Å². The van der Waals surface area contributed by atoms with Crippen molar-refractivity contribution in [1.29, 1.82) is 0 Å². The van der Waals surface area contributed by atoms with E-state index in [0.717, 1.165) is 17.7 Å². The van der Waals surface area contributed by atoms with Crippen molar-refractivity contribution in [2.24, 2.45) is 5.41 Å². The van der Waals surface area contributed by atoms with Gasteiger partial charge < -0.3 is 5.11 Å². The smallest absolute Gasteiger partial charge is 0.317 e. The molecule has 1 unspecified atom stereocenters. The monoisotopic (exact) mass is 278 g/mol. The maximum absolute atomic E-state index is 12.0. The molecule has 19 heavy (non-hydrogen) atoms. The maximum Gasteiger partial charge on any atom is 0.317 e. The van der Waals surface area contributed by atoms with Crippen LogP contribution in [0.5, 0.6) is 0 Å². The number of hydrogen-bond acceptors (Lipinski definition) is 3. The van der Waals surface area contributed by atoms with E-state index in [4.69, 9.17) is 0 Å². The van der Waals surface area contributed by atoms with E-state index in [9.17, 15) is 14.7 Å². The SMILES string of the molecule is O=C(O)C1(CCSc2ccccc2)CCCCC1=O. The molecule has 3 nitrogen and oxygen atoms in total. The van der Waals surface area contributed by atoms with Crippen LogP contribution in [0.15, 0.2) is 35.2 Å². The Bertz CT molecular complexity index is 458. The molecule has 1 N–H and O–H groups in total. The summed E-state index contributed by atoms with van der Waals surface area (Å²) >= 11 is 1.62. The third-order valence-electron chi connectivity index (χ3n) is 3.74. The van der Waals surface area contributed by atoms with Crippen LogP contribution in [0.3, 0.4) is 0 Å². The highest BCUT2D eigenvalue weighted by Crippen LogP contribution is 2.38. The van der Waals surface area contributed by atoms with Crippen molar-refractivity contribution >= 4 is 23.5 Å². The fraction of sp³-hybridized carbons (Fsp3) is 0.467. The van der Waals surface area contributed by atoms with E-state index < -0.39 is 11.4 Å². The summed E-state index contributed by atoms with van der Waals surface area (Å²) < 4.78 is 0. The predicted molar refractivity (Wildman–Crippen MR) is 75.3 cm³/mol. The Labute approximate surface area is 117 Å². The molecule has 1 aromatic carbocycles. The topological polar surface area (TPSA) is 54.4 Å². The highest BCUT2D eigenvalue weighted by atomic mass is 32.2. The second kappa shape index (κ2) is 6.24. The van der Waals surface area contributed by atoms with Gasteiger partial charge in [-0.15, -0.1) is 11.8 Å². The number of benzene rings is 1. The first-order valence-corrected chi connectivity index (χ1v) is 7.58. The van der Waals surface area contributed by atoms with Gasteiger partial charge in [0, 0.05) is 11.3 Å². The number of ketones is 1. The summed E-state index contributed by atoms with van der Waals surface area (Å²) in [6, 6.07) is 9.87. The molecule has 1 aliphatic carbocycles. The lowest BCUT2D eigenvalue weighted by Gasteiger charge is -2.31. The molecule has 1 aromatic rings. The van der Waals surface area contributed by atoms with Gasteiger partial charge >= 0.3 is 5.97 Å². The average molecular weight is 278 g/mol. The Balaban J connectivity index is 1.98. The first-order chi connectivity index (χ1) is 9.15. The van der Waals surface area contributed by atoms with Crippen molar-refractivity contribution in [2.75, 3.05) is 5.75 Å². The number of hydrogen-bond donors (Lipinski definition) is 1. The van der Waals surface area contributed by atoms with E-state index in [1.165, 1.54) is 0 Å². The van der Waals surface area contributed by atoms with E-state index in [0.29, 0.717) is 25.0 Å². The van der Waals surface area contributed by atoms with Gasteiger partial charge in [-0.3, -0.25) is 9.59 Å². The minimum atomic E-state index is -1.12. The number of carboxylic acid groups (broad SMARTS) is 1. The van der Waals surface area contributed by atoms with Gasteiger partial charge in [-0.05, 0) is 37.1 Å². The normalized spacial score (nSPS) is 23.3. The molecule has 1 saturated carbocycles. The van der Waals surface area contributed by atoms with Crippen LogP contribution in [0, 0.1) is 5.41 Å². The number of rotatable bonds is 5. The van der Waals surface area contributed by atoms with E-state index in [-0.39, 0.29) is 5.78 Å². The summed E-state index contributed by atoms with van der Waals surface area (Å²) in [5, 5.41) is 9.43. The number of carboxylic acids is 1. The number of carbonyl (C=O) groups excluding carboxylic acids is 1. The van der Waals surface area contributed by atoms with Crippen molar-refractivity contribution in [1.82, 2.24) is 0 Å². The number of Topliss-reactive ketones (excluding diaryl/α,β-unsaturated/α-hetero) is 1. The summed E-state index contributed by atoms with van der Waals surface area (Å²) in [6.07, 6.45) is 3.02. The minimum absolute atomic E-state index is 0.0834. The Morgan fingerprint density at radius 3 is 2.63 bits per heavy atom. The van der Waals surface area contributed by atoms with Crippen molar-refractivity contribution in [3.8, 4) is 0 Å². The van der Waals surface area contributed by atoms with Gasteiger partial charge in [0.25, 0.3) is 0 Å². The Hall–Kier alpha value is -1.29. The Morgan fingerprint density at radius 2 is 2.00 bits per heavy atom. The van der Waals surface area contributed by atoms with E-state index in [2.05, 4.69) is 0 Å². The third kappa shape index (κ3) is 3.18. The molecule has 1 aliphatic rings. The van der Waals surface area contributed by atoms with Crippen LogP contribution >= 0.6 is 11.8 Å². The molecule has 0 bridgehead atoms. The van der Waals surface area contributed by atoms with E-state index in [1.54, 1.807) is 11.8 Å². The van der Waals surface area contributed by atoms with Crippen LogP contribution in [0.25, 0.3) is 0 Å². The van der Waals surface area contributed by atoms with Crippen molar-refractivity contribution < 1.29 is 14.7 Å². The zero-order chi connectivity index (χ0) is 13.7. The lowest BCUT2D eigenvalue weighted by molar-refractivity contribution is -0.157. The molecule has 1 atom stereocenters.